The van der Waals surface area contributed by atoms with Crippen molar-refractivity contribution < 1.29 is 4.79 Å². The molecule has 2 aromatic carbocycles. The summed E-state index contributed by atoms with van der Waals surface area (Å²) < 4.78 is 0. The molecule has 0 aliphatic rings. The number of hydrogen-bond acceptors (Lipinski definition) is 2. The summed E-state index contributed by atoms with van der Waals surface area (Å²) in [5.41, 5.74) is 3.51. The van der Waals surface area contributed by atoms with E-state index in [1.54, 1.807) is 12.4 Å². The largest absolute Gasteiger partial charge is 0.353 e. The van der Waals surface area contributed by atoms with Gasteiger partial charge in [-0.3, -0.25) is 9.78 Å². The fourth-order valence-electron chi connectivity index (χ4n) is 2.83. The lowest BCUT2D eigenvalue weighted by Crippen LogP contribution is -1.84. The summed E-state index contributed by atoms with van der Waals surface area (Å²) in [4.78, 5) is 19.0. The molecular weight excluding hydrogens is 260 g/mol. The number of H-pyrrole nitrogens is 1. The summed E-state index contributed by atoms with van der Waals surface area (Å²) in [7, 11) is 0. The van der Waals surface area contributed by atoms with Crippen molar-refractivity contribution in [1.82, 2.24) is 9.97 Å². The Labute approximate surface area is 121 Å². The summed E-state index contributed by atoms with van der Waals surface area (Å²) in [6.07, 6.45) is 4.38. The van der Waals surface area contributed by atoms with E-state index in [1.165, 1.54) is 0 Å². The predicted molar refractivity (Wildman–Crippen MR) is 84.4 cm³/mol. The first-order chi connectivity index (χ1) is 10.4. The van der Waals surface area contributed by atoms with Gasteiger partial charge in [-0.05, 0) is 17.5 Å². The molecule has 0 fully saturated rings. The first kappa shape index (κ1) is 11.9. The molecule has 0 radical (unpaired) electrons. The Bertz CT molecular complexity index is 955. The van der Waals surface area contributed by atoms with Crippen LogP contribution >= 0.6 is 0 Å². The number of pyridine rings is 1. The van der Waals surface area contributed by atoms with E-state index < -0.39 is 0 Å². The molecule has 21 heavy (non-hydrogen) atoms. The molecule has 0 aliphatic heterocycles. The lowest BCUT2D eigenvalue weighted by Gasteiger charge is -1.98. The number of fused-ring (bicyclic) bond motifs is 3. The number of carbonyl (C=O) groups is 1. The van der Waals surface area contributed by atoms with Gasteiger partial charge in [0.1, 0.15) is 0 Å². The van der Waals surface area contributed by atoms with Crippen molar-refractivity contribution >= 4 is 28.0 Å². The van der Waals surface area contributed by atoms with Gasteiger partial charge in [0.2, 0.25) is 0 Å². The number of hydrogen-bond donors (Lipinski definition) is 1. The van der Waals surface area contributed by atoms with Crippen molar-refractivity contribution in [2.45, 2.75) is 0 Å². The number of aromatic nitrogens is 2. The van der Waals surface area contributed by atoms with E-state index in [9.17, 15) is 4.79 Å². The van der Waals surface area contributed by atoms with Crippen molar-refractivity contribution in [2.24, 2.45) is 0 Å². The third-order valence-electron chi connectivity index (χ3n) is 3.83. The average molecular weight is 272 g/mol. The molecule has 0 bridgehead atoms. The first-order valence-electron chi connectivity index (χ1n) is 6.77. The summed E-state index contributed by atoms with van der Waals surface area (Å²) in [5, 5.41) is 3.24. The Kier molecular flexibility index (Phi) is 2.57. The van der Waals surface area contributed by atoms with Crippen molar-refractivity contribution in [3.05, 3.63) is 66.5 Å². The molecule has 0 aliphatic carbocycles. The molecule has 2 aromatic heterocycles. The molecule has 0 unspecified atom stereocenters. The van der Waals surface area contributed by atoms with Crippen molar-refractivity contribution in [3.63, 3.8) is 0 Å². The van der Waals surface area contributed by atoms with Gasteiger partial charge >= 0.3 is 0 Å². The van der Waals surface area contributed by atoms with E-state index in [0.29, 0.717) is 5.56 Å². The molecule has 3 heteroatoms. The monoisotopic (exact) mass is 272 g/mol. The van der Waals surface area contributed by atoms with Gasteiger partial charge in [0.25, 0.3) is 0 Å². The minimum absolute atomic E-state index is 0.696. The third kappa shape index (κ3) is 1.75. The highest BCUT2D eigenvalue weighted by Gasteiger charge is 2.14. The molecule has 0 saturated heterocycles. The van der Waals surface area contributed by atoms with Crippen molar-refractivity contribution in [1.29, 1.82) is 0 Å². The van der Waals surface area contributed by atoms with Crippen LogP contribution in [-0.4, -0.2) is 16.3 Å². The number of aromatic amines is 1. The highest BCUT2D eigenvalue weighted by atomic mass is 16.1. The number of aldehydes is 1. The molecule has 100 valence electrons. The van der Waals surface area contributed by atoms with Gasteiger partial charge in [0.15, 0.2) is 6.29 Å². The van der Waals surface area contributed by atoms with Crippen LogP contribution in [0.15, 0.2) is 60.9 Å². The zero-order chi connectivity index (χ0) is 14.2. The SMILES string of the molecule is O=Cc1c(-c2ccncc2)[nH]c2c1ccc1ccccc12. The third-order valence-corrected chi connectivity index (χ3v) is 3.83. The molecule has 4 rings (SSSR count). The number of nitrogens with one attached hydrogen (secondary N) is 1. The van der Waals surface area contributed by atoms with E-state index in [2.05, 4.69) is 28.2 Å². The maximum absolute atomic E-state index is 11.6. The Morgan fingerprint density at radius 1 is 0.905 bits per heavy atom. The fraction of sp³-hybridized carbons (Fsp3) is 0. The topological polar surface area (TPSA) is 45.8 Å². The Hall–Kier alpha value is -2.94. The van der Waals surface area contributed by atoms with Crippen molar-refractivity contribution in [2.75, 3.05) is 0 Å². The molecule has 1 N–H and O–H groups in total. The van der Waals surface area contributed by atoms with Crippen LogP contribution in [0.2, 0.25) is 0 Å². The van der Waals surface area contributed by atoms with Crippen LogP contribution in [0.3, 0.4) is 0 Å². The van der Waals surface area contributed by atoms with Crippen LogP contribution in [0.5, 0.6) is 0 Å². The lowest BCUT2D eigenvalue weighted by atomic mass is 10.0. The minimum atomic E-state index is 0.696. The van der Waals surface area contributed by atoms with Gasteiger partial charge in [-0.15, -0.1) is 0 Å². The van der Waals surface area contributed by atoms with E-state index in [1.807, 2.05) is 30.3 Å². The van der Waals surface area contributed by atoms with Gasteiger partial charge in [0.05, 0.1) is 11.2 Å². The average Bonchev–Trinajstić information content (AvgIpc) is 2.94. The normalized spacial score (nSPS) is 11.0. The van der Waals surface area contributed by atoms with E-state index >= 15 is 0 Å². The van der Waals surface area contributed by atoms with Gasteiger partial charge in [-0.25, -0.2) is 0 Å². The van der Waals surface area contributed by atoms with Crippen LogP contribution in [0.1, 0.15) is 10.4 Å². The maximum Gasteiger partial charge on any atom is 0.152 e. The number of nitrogens with zero attached hydrogens (tertiary/aromatic N) is 1. The fourth-order valence-corrected chi connectivity index (χ4v) is 2.83. The van der Waals surface area contributed by atoms with Gasteiger partial charge in [-0.2, -0.15) is 0 Å². The number of carbonyl (C=O) groups excluding carboxylic acids is 1. The Morgan fingerprint density at radius 3 is 2.52 bits per heavy atom. The van der Waals surface area contributed by atoms with Crippen LogP contribution in [0.25, 0.3) is 32.9 Å². The van der Waals surface area contributed by atoms with E-state index in [4.69, 9.17) is 0 Å². The standard InChI is InChI=1S/C18H12N2O/c21-11-16-15-6-5-12-3-1-2-4-14(12)18(15)20-17(16)13-7-9-19-10-8-13/h1-11,20H. The van der Waals surface area contributed by atoms with Gasteiger partial charge in [-0.1, -0.05) is 36.4 Å². The summed E-state index contributed by atoms with van der Waals surface area (Å²) >= 11 is 0. The van der Waals surface area contributed by atoms with Crippen LogP contribution < -0.4 is 0 Å². The van der Waals surface area contributed by atoms with Gasteiger partial charge in [0, 0.05) is 34.3 Å². The molecule has 4 aromatic rings. The second kappa shape index (κ2) is 4.56. The molecule has 2 heterocycles. The van der Waals surface area contributed by atoms with Gasteiger partial charge < -0.3 is 4.98 Å². The molecule has 0 spiro atoms. The molecule has 3 nitrogen and oxygen atoms in total. The zero-order valence-corrected chi connectivity index (χ0v) is 11.2. The Morgan fingerprint density at radius 2 is 1.71 bits per heavy atom. The second-order valence-corrected chi connectivity index (χ2v) is 4.98. The summed E-state index contributed by atoms with van der Waals surface area (Å²) in [6.45, 7) is 0. The number of rotatable bonds is 2. The molecular formula is C18H12N2O. The molecule has 0 saturated carbocycles. The highest BCUT2D eigenvalue weighted by molar-refractivity contribution is 6.14. The number of benzene rings is 2. The van der Waals surface area contributed by atoms with E-state index in [0.717, 1.165) is 39.2 Å². The molecule has 0 atom stereocenters. The summed E-state index contributed by atoms with van der Waals surface area (Å²) in [6, 6.07) is 16.0. The maximum atomic E-state index is 11.6. The highest BCUT2D eigenvalue weighted by Crippen LogP contribution is 2.33. The van der Waals surface area contributed by atoms with Crippen LogP contribution in [0, 0.1) is 0 Å². The second-order valence-electron chi connectivity index (χ2n) is 4.98. The lowest BCUT2D eigenvalue weighted by molar-refractivity contribution is 0.112. The Balaban J connectivity index is 2.13. The van der Waals surface area contributed by atoms with Crippen LogP contribution in [0.4, 0.5) is 0 Å². The van der Waals surface area contributed by atoms with Crippen molar-refractivity contribution in [3.8, 4) is 11.3 Å². The zero-order valence-electron chi connectivity index (χ0n) is 11.2. The predicted octanol–water partition coefficient (Wildman–Crippen LogP) is 4.20. The first-order valence-corrected chi connectivity index (χ1v) is 6.77. The minimum Gasteiger partial charge on any atom is -0.353 e. The quantitative estimate of drug-likeness (QED) is 0.556. The van der Waals surface area contributed by atoms with Crippen LogP contribution in [-0.2, 0) is 0 Å². The van der Waals surface area contributed by atoms with E-state index in [-0.39, 0.29) is 0 Å². The molecule has 0 amide bonds. The summed E-state index contributed by atoms with van der Waals surface area (Å²) in [5.74, 6) is 0. The smallest absolute Gasteiger partial charge is 0.152 e.